The number of carbonyl (C=O) groups is 1. The lowest BCUT2D eigenvalue weighted by Crippen LogP contribution is -2.54. The molecular weight excluding hydrogens is 463 g/mol. The zero-order valence-corrected chi connectivity index (χ0v) is 19.5. The fourth-order valence-corrected chi connectivity index (χ4v) is 5.28. The molecule has 13 heteroatoms. The normalized spacial score (nSPS) is 17.2. The van der Waals surface area contributed by atoms with Crippen LogP contribution in [0.3, 0.4) is 0 Å². The molecule has 1 fully saturated rings. The van der Waals surface area contributed by atoms with E-state index in [1.165, 1.54) is 23.1 Å². The molecule has 1 saturated heterocycles. The van der Waals surface area contributed by atoms with Crippen molar-refractivity contribution in [3.05, 3.63) is 46.1 Å². The van der Waals surface area contributed by atoms with Gasteiger partial charge in [-0.1, -0.05) is 18.5 Å². The molecule has 0 radical (unpaired) electrons. The largest absolute Gasteiger partial charge is 0.740 e. The predicted octanol–water partition coefficient (Wildman–Crippen LogP) is 2.95. The molecule has 32 heavy (non-hydrogen) atoms. The van der Waals surface area contributed by atoms with E-state index in [1.54, 1.807) is 14.0 Å². The molecule has 1 aromatic heterocycles. The maximum Gasteiger partial charge on any atom is 0.326 e. The SMILES string of the molecule is CCc1cc(NC(=O)N([O-])S(=O)(=O)N(c2cnn(C)c2)C2CCCN(C)C2)cc(Cl)c1F. The Kier molecular flexibility index (Phi) is 7.28. The second kappa shape index (κ2) is 9.61. The number of rotatable bonds is 6. The van der Waals surface area contributed by atoms with Gasteiger partial charge < -0.3 is 15.4 Å². The molecule has 1 aliphatic heterocycles. The molecule has 176 valence electrons. The van der Waals surface area contributed by atoms with E-state index in [4.69, 9.17) is 11.6 Å². The third-order valence-electron chi connectivity index (χ3n) is 5.24. The molecule has 3 rings (SSSR count). The number of hydroxylamine groups is 1. The molecule has 2 aromatic rings. The third kappa shape index (κ3) is 4.98. The van der Waals surface area contributed by atoms with Crippen molar-refractivity contribution in [3.8, 4) is 0 Å². The van der Waals surface area contributed by atoms with Crippen molar-refractivity contribution in [3.63, 3.8) is 0 Å². The average Bonchev–Trinajstić information content (AvgIpc) is 3.15. The number of nitrogens with one attached hydrogen (secondary N) is 1. The first-order chi connectivity index (χ1) is 15.0. The molecule has 1 aliphatic rings. The number of carbonyl (C=O) groups excluding carboxylic acids is 1. The minimum Gasteiger partial charge on any atom is -0.740 e. The summed E-state index contributed by atoms with van der Waals surface area (Å²) in [6.45, 7) is 2.87. The van der Waals surface area contributed by atoms with Gasteiger partial charge in [0.1, 0.15) is 5.82 Å². The first kappa shape index (κ1) is 24.2. The number of amides is 2. The van der Waals surface area contributed by atoms with Gasteiger partial charge in [0.15, 0.2) is 0 Å². The number of hydrogen-bond donors (Lipinski definition) is 1. The van der Waals surface area contributed by atoms with Crippen LogP contribution in [0.5, 0.6) is 0 Å². The van der Waals surface area contributed by atoms with Crippen LogP contribution in [0.2, 0.25) is 5.02 Å². The number of urea groups is 1. The minimum atomic E-state index is -4.81. The predicted molar refractivity (Wildman–Crippen MR) is 120 cm³/mol. The fraction of sp³-hybridized carbons (Fsp3) is 0.474. The minimum absolute atomic E-state index is 0.0135. The fourth-order valence-electron chi connectivity index (χ4n) is 3.71. The third-order valence-corrected chi connectivity index (χ3v) is 7.10. The monoisotopic (exact) mass is 487 g/mol. The summed E-state index contributed by atoms with van der Waals surface area (Å²) < 4.78 is 42.2. The van der Waals surface area contributed by atoms with Crippen LogP contribution in [-0.4, -0.2) is 59.8 Å². The van der Waals surface area contributed by atoms with Gasteiger partial charge in [0.25, 0.3) is 0 Å². The molecule has 0 aliphatic carbocycles. The van der Waals surface area contributed by atoms with E-state index in [2.05, 4.69) is 10.4 Å². The van der Waals surface area contributed by atoms with Gasteiger partial charge in [-0.3, -0.25) is 9.15 Å². The number of anilines is 2. The second-order valence-electron chi connectivity index (χ2n) is 7.68. The Hall–Kier alpha value is -2.41. The van der Waals surface area contributed by atoms with Gasteiger partial charge in [-0.2, -0.15) is 13.5 Å². The van der Waals surface area contributed by atoms with Gasteiger partial charge in [-0.25, -0.2) is 13.5 Å². The molecule has 2 amide bonds. The van der Waals surface area contributed by atoms with Gasteiger partial charge in [0.2, 0.25) is 0 Å². The summed E-state index contributed by atoms with van der Waals surface area (Å²) in [4.78, 5) is 14.5. The highest BCUT2D eigenvalue weighted by atomic mass is 35.5. The van der Waals surface area contributed by atoms with Crippen LogP contribution in [0.4, 0.5) is 20.6 Å². The van der Waals surface area contributed by atoms with Crippen molar-refractivity contribution in [2.75, 3.05) is 29.8 Å². The van der Waals surface area contributed by atoms with Gasteiger partial charge in [0.05, 0.1) is 22.9 Å². The van der Waals surface area contributed by atoms with E-state index in [9.17, 15) is 22.8 Å². The molecule has 0 bridgehead atoms. The summed E-state index contributed by atoms with van der Waals surface area (Å²) in [5.41, 5.74) is 0.412. The number of aryl methyl sites for hydroxylation is 2. The standard InChI is InChI=1S/C19H25ClFN6O4S/c1-4-13-8-14(9-17(20)18(13)21)23-19(28)27(29)32(30,31)26(16-10-22-25(3)12-16)15-6-5-7-24(2)11-15/h8-10,12,15H,4-7,11H2,1-3H3,(H,23,28)/q-1. The van der Waals surface area contributed by atoms with E-state index in [1.807, 2.05) is 11.9 Å². The summed E-state index contributed by atoms with van der Waals surface area (Å²) in [5.74, 6) is -0.636. The highest BCUT2D eigenvalue weighted by Crippen LogP contribution is 2.28. The molecule has 10 nitrogen and oxygen atoms in total. The smallest absolute Gasteiger partial charge is 0.326 e. The zero-order valence-electron chi connectivity index (χ0n) is 18.0. The van der Waals surface area contributed by atoms with Crippen molar-refractivity contribution >= 4 is 39.2 Å². The van der Waals surface area contributed by atoms with Crippen molar-refractivity contribution in [1.82, 2.24) is 19.1 Å². The van der Waals surface area contributed by atoms with Crippen LogP contribution >= 0.6 is 11.6 Å². The lowest BCUT2D eigenvalue weighted by molar-refractivity contribution is 0.241. The Morgan fingerprint density at radius 1 is 1.41 bits per heavy atom. The van der Waals surface area contributed by atoms with Crippen molar-refractivity contribution < 1.29 is 17.6 Å². The van der Waals surface area contributed by atoms with E-state index < -0.39 is 32.6 Å². The Morgan fingerprint density at radius 2 is 2.12 bits per heavy atom. The molecule has 2 heterocycles. The summed E-state index contributed by atoms with van der Waals surface area (Å²) in [6.07, 6.45) is 4.32. The van der Waals surface area contributed by atoms with Gasteiger partial charge in [0, 0.05) is 25.5 Å². The number of piperidine rings is 1. The van der Waals surface area contributed by atoms with Crippen LogP contribution in [0.25, 0.3) is 0 Å². The highest BCUT2D eigenvalue weighted by Gasteiger charge is 2.36. The highest BCUT2D eigenvalue weighted by molar-refractivity contribution is 7.91. The van der Waals surface area contributed by atoms with Gasteiger partial charge >= 0.3 is 16.2 Å². The number of aromatic nitrogens is 2. The maximum atomic E-state index is 14.0. The van der Waals surface area contributed by atoms with Crippen molar-refractivity contribution in [2.24, 2.45) is 7.05 Å². The first-order valence-corrected chi connectivity index (χ1v) is 11.8. The number of benzene rings is 1. The van der Waals surface area contributed by atoms with Crippen LogP contribution in [-0.2, 0) is 23.7 Å². The van der Waals surface area contributed by atoms with Gasteiger partial charge in [-0.15, -0.1) is 0 Å². The van der Waals surface area contributed by atoms with Crippen molar-refractivity contribution in [1.29, 1.82) is 0 Å². The maximum absolute atomic E-state index is 14.0. The second-order valence-corrected chi connectivity index (χ2v) is 9.70. The Bertz CT molecular complexity index is 1100. The molecule has 1 atom stereocenters. The number of hydrogen-bond acceptors (Lipinski definition) is 6. The van der Waals surface area contributed by atoms with Crippen LogP contribution in [0.15, 0.2) is 24.5 Å². The number of likely N-dealkylation sites (tertiary alicyclic amines) is 1. The molecule has 0 spiro atoms. The lowest BCUT2D eigenvalue weighted by Gasteiger charge is -2.41. The Labute approximate surface area is 191 Å². The topological polar surface area (TPSA) is 114 Å². The Morgan fingerprint density at radius 3 is 2.72 bits per heavy atom. The van der Waals surface area contributed by atoms with E-state index in [0.717, 1.165) is 23.3 Å². The van der Waals surface area contributed by atoms with E-state index in [-0.39, 0.29) is 22.0 Å². The lowest BCUT2D eigenvalue weighted by atomic mass is 10.1. The quantitative estimate of drug-likeness (QED) is 0.626. The summed E-state index contributed by atoms with van der Waals surface area (Å²) in [5, 5.41) is 18.7. The molecule has 0 saturated carbocycles. The van der Waals surface area contributed by atoms with Crippen LogP contribution in [0.1, 0.15) is 25.3 Å². The number of halogens is 2. The van der Waals surface area contributed by atoms with Gasteiger partial charge in [-0.05, 0) is 50.6 Å². The molecule has 1 aromatic carbocycles. The van der Waals surface area contributed by atoms with Crippen LogP contribution in [0, 0.1) is 11.0 Å². The summed E-state index contributed by atoms with van der Waals surface area (Å²) in [6, 6.07) is 0.421. The average molecular weight is 488 g/mol. The van der Waals surface area contributed by atoms with Crippen molar-refractivity contribution in [2.45, 2.75) is 32.2 Å². The summed E-state index contributed by atoms with van der Waals surface area (Å²) in [7, 11) is -1.33. The zero-order chi connectivity index (χ0) is 23.6. The van der Waals surface area contributed by atoms with E-state index in [0.29, 0.717) is 19.4 Å². The number of likely N-dealkylation sites (N-methyl/N-ethyl adjacent to an activating group) is 1. The Balaban J connectivity index is 1.90. The summed E-state index contributed by atoms with van der Waals surface area (Å²) >= 11 is 5.84. The first-order valence-electron chi connectivity index (χ1n) is 10.0. The molecule has 1 unspecified atom stereocenters. The van der Waals surface area contributed by atoms with Crippen LogP contribution < -0.4 is 9.62 Å². The van der Waals surface area contributed by atoms with E-state index >= 15 is 0 Å². The number of nitrogens with zero attached hydrogens (tertiary/aromatic N) is 5. The molecular formula is C19H25ClFN6O4S-. The molecule has 1 N–H and O–H groups in total.